The fraction of sp³-hybridized carbons (Fsp3) is 0.310. The van der Waals surface area contributed by atoms with Gasteiger partial charge in [0.1, 0.15) is 58.6 Å². The van der Waals surface area contributed by atoms with Crippen LogP contribution in [0.5, 0.6) is 0 Å². The number of nitrogens with zero attached hydrogens (tertiary/aromatic N) is 21. The number of esters is 1. The van der Waals surface area contributed by atoms with Gasteiger partial charge in [-0.2, -0.15) is 15.3 Å². The summed E-state index contributed by atoms with van der Waals surface area (Å²) in [7, 11) is 0. The van der Waals surface area contributed by atoms with Gasteiger partial charge in [0.2, 0.25) is 17.5 Å². The van der Waals surface area contributed by atoms with Crippen LogP contribution in [0.4, 0.5) is 30.6 Å². The van der Waals surface area contributed by atoms with Crippen molar-refractivity contribution >= 4 is 41.2 Å². The van der Waals surface area contributed by atoms with Gasteiger partial charge in [-0.25, -0.2) is 47.0 Å². The maximum atomic E-state index is 14.8. The zero-order chi connectivity index (χ0) is 75.0. The van der Waals surface area contributed by atoms with Gasteiger partial charge in [0.25, 0.3) is 11.8 Å². The smallest absolute Gasteiger partial charge is 0.338 e. The zero-order valence-electron chi connectivity index (χ0n) is 58.4. The first-order chi connectivity index (χ1) is 51.0. The van der Waals surface area contributed by atoms with E-state index in [0.717, 1.165) is 66.3 Å². The van der Waals surface area contributed by atoms with Crippen LogP contribution in [0.1, 0.15) is 150 Å². The van der Waals surface area contributed by atoms with Gasteiger partial charge in [-0.15, -0.1) is 15.3 Å². The summed E-state index contributed by atoms with van der Waals surface area (Å²) in [5.41, 5.74) is 13.4. The topological polar surface area (TPSA) is 411 Å². The minimum Gasteiger partial charge on any atom is -0.478 e. The third-order valence-corrected chi connectivity index (χ3v) is 17.4. The number of hydrogen-bond donors (Lipinski definition) is 6. The molecule has 32 nitrogen and oxygen atoms in total. The van der Waals surface area contributed by atoms with E-state index >= 15 is 0 Å². The molecule has 0 unspecified atom stereocenters. The number of aliphatic hydroxyl groups is 2. The second-order valence-corrected chi connectivity index (χ2v) is 25.8. The molecule has 9 heterocycles. The lowest BCUT2D eigenvalue weighted by Gasteiger charge is -2.12. The lowest BCUT2D eigenvalue weighted by atomic mass is 9.99. The van der Waals surface area contributed by atoms with Crippen LogP contribution in [0.2, 0.25) is 0 Å². The van der Waals surface area contributed by atoms with Crippen molar-refractivity contribution in [2.45, 2.75) is 123 Å². The summed E-state index contributed by atoms with van der Waals surface area (Å²) in [5, 5.41) is 80.6. The van der Waals surface area contributed by atoms with E-state index in [-0.39, 0.29) is 72.2 Å². The number of halogens is 3. The number of carbonyl (C=O) groups excluding carboxylic acids is 3. The van der Waals surface area contributed by atoms with E-state index in [9.17, 15) is 42.6 Å². The highest BCUT2D eigenvalue weighted by Crippen LogP contribution is 2.39. The fourth-order valence-electron chi connectivity index (χ4n) is 11.2. The molecule has 546 valence electrons. The van der Waals surface area contributed by atoms with E-state index in [0.29, 0.717) is 80.8 Å². The first kappa shape index (κ1) is 73.1. The Morgan fingerprint density at radius 1 is 0.519 bits per heavy atom. The largest absolute Gasteiger partial charge is 0.478 e. The molecular formula is C71H73F3N24O8. The summed E-state index contributed by atoms with van der Waals surface area (Å²) in [6, 6.07) is 24.0. The van der Waals surface area contributed by atoms with Crippen LogP contribution in [0.15, 0.2) is 128 Å². The molecule has 3 fully saturated rings. The lowest BCUT2D eigenvalue weighted by molar-refractivity contribution is -0.142. The minimum atomic E-state index is -1.26. The van der Waals surface area contributed by atoms with E-state index in [1.807, 2.05) is 39.6 Å². The zero-order valence-corrected chi connectivity index (χ0v) is 58.4. The molecule has 0 aliphatic heterocycles. The molecule has 0 spiro atoms. The van der Waals surface area contributed by atoms with Gasteiger partial charge in [-0.3, -0.25) is 28.4 Å². The standard InChI is InChI=1S/2C23H23FN8O2.C14H13FN2O2.C11H14N6O2/c2*1-13-8-19(24)18(9-17(13)15-10-25-31(11-15)16-6-7-16)23(34)27-21-5-3-4-20(26-21)22-28-29-30-32(22)14(2)12-33;1-8-4-13(15)12(14(18)19)5-11(8)9-6-16-17(7-9)10-2-3-10;1-7(6-19-8(2)18)17-11(14-15-16-17)9-4-3-5-10(12)13-9/h2*3-5,8-11,14,16,33H,6-7,12H2,1-2H3,(H,26,27,34);4-7,10H,2-3H2,1H3,(H,18,19);3-5,7H,6H2,1-2H3,(H2,12,13)/t2*14-;;7-/m11.1/s1. The maximum Gasteiger partial charge on any atom is 0.338 e. The summed E-state index contributed by atoms with van der Waals surface area (Å²) in [6.07, 6.45) is 17.6. The fourth-order valence-corrected chi connectivity index (χ4v) is 11.2. The predicted molar refractivity (Wildman–Crippen MR) is 377 cm³/mol. The number of aromatic carboxylic acids is 1. The Bertz CT molecular complexity index is 4980. The number of aliphatic hydroxyl groups excluding tert-OH is 2. The Hall–Kier alpha value is -12.7. The number of rotatable bonds is 21. The van der Waals surface area contributed by atoms with E-state index in [1.165, 1.54) is 40.6 Å². The lowest BCUT2D eigenvalue weighted by Crippen LogP contribution is -2.17. The van der Waals surface area contributed by atoms with Crippen LogP contribution in [0.25, 0.3) is 67.9 Å². The number of anilines is 3. The molecule has 0 saturated heterocycles. The number of carboxylic acid groups (broad SMARTS) is 1. The van der Waals surface area contributed by atoms with Crippen LogP contribution in [-0.2, 0) is 9.53 Å². The second-order valence-electron chi connectivity index (χ2n) is 25.8. The molecule has 106 heavy (non-hydrogen) atoms. The Morgan fingerprint density at radius 2 is 0.868 bits per heavy atom. The molecule has 2 amide bonds. The molecule has 3 aliphatic carbocycles. The number of amides is 2. The summed E-state index contributed by atoms with van der Waals surface area (Å²) < 4.78 is 58.2. The summed E-state index contributed by atoms with van der Waals surface area (Å²) in [5.74, 6) is -2.80. The number of hydrogen-bond acceptors (Lipinski definition) is 23. The molecule has 12 aromatic rings. The van der Waals surface area contributed by atoms with Gasteiger partial charge in [0, 0.05) is 42.2 Å². The average Bonchev–Trinajstić information content (AvgIpc) is 1.50. The molecule has 7 N–H and O–H groups in total. The predicted octanol–water partition coefficient (Wildman–Crippen LogP) is 9.85. The molecule has 3 aliphatic rings. The van der Waals surface area contributed by atoms with Crippen LogP contribution < -0.4 is 16.4 Å². The van der Waals surface area contributed by atoms with E-state index in [1.54, 1.807) is 125 Å². The number of carbonyl (C=O) groups is 4. The van der Waals surface area contributed by atoms with Crippen molar-refractivity contribution in [3.8, 4) is 67.9 Å². The van der Waals surface area contributed by atoms with Crippen LogP contribution in [0.3, 0.4) is 0 Å². The van der Waals surface area contributed by atoms with Gasteiger partial charge in [-0.1, -0.05) is 18.2 Å². The SMILES string of the molecule is CC(=O)OC[C@@H](C)n1nnnc1-c1cccc(N)n1.Cc1cc(F)c(C(=O)Nc2cccc(-c3nnnn3[C@H](C)CO)n2)cc1-c1cnn(C2CC2)c1.Cc1cc(F)c(C(=O)Nc2cccc(-c3nnnn3[C@H](C)CO)n2)cc1-c1cnn(C2CC2)c1.Cc1cc(F)c(C(=O)O)cc1-c1cnn(C2CC2)c1. The van der Waals surface area contributed by atoms with Crippen molar-refractivity contribution in [3.63, 3.8) is 0 Å². The van der Waals surface area contributed by atoms with Crippen LogP contribution in [0, 0.1) is 38.2 Å². The van der Waals surface area contributed by atoms with Gasteiger partial charge >= 0.3 is 11.9 Å². The molecule has 3 atom stereocenters. The number of nitrogens with one attached hydrogen (secondary N) is 2. The molecule has 35 heteroatoms. The number of nitrogens with two attached hydrogens (primary N) is 1. The highest BCUT2D eigenvalue weighted by Gasteiger charge is 2.29. The van der Waals surface area contributed by atoms with Gasteiger partial charge in [0.05, 0.1) is 84.7 Å². The first-order valence-corrected chi connectivity index (χ1v) is 33.8. The Morgan fingerprint density at radius 3 is 1.22 bits per heavy atom. The number of aryl methyl sites for hydroxylation is 3. The number of aromatic nitrogens is 21. The molecule has 0 radical (unpaired) electrons. The maximum absolute atomic E-state index is 14.8. The van der Waals surface area contributed by atoms with E-state index in [4.69, 9.17) is 15.6 Å². The summed E-state index contributed by atoms with van der Waals surface area (Å²) >= 11 is 0. The third kappa shape index (κ3) is 17.2. The summed E-state index contributed by atoms with van der Waals surface area (Å²) in [6.45, 7) is 12.0. The molecule has 9 aromatic heterocycles. The Balaban J connectivity index is 0.000000137. The highest BCUT2D eigenvalue weighted by molar-refractivity contribution is 6.06. The third-order valence-electron chi connectivity index (χ3n) is 17.4. The first-order valence-electron chi connectivity index (χ1n) is 33.8. The van der Waals surface area contributed by atoms with Crippen molar-refractivity contribution in [2.24, 2.45) is 0 Å². The molecule has 15 rings (SSSR count). The van der Waals surface area contributed by atoms with Gasteiger partial charge in [-0.05, 0) is 218 Å². The number of pyridine rings is 3. The van der Waals surface area contributed by atoms with Crippen molar-refractivity contribution in [1.29, 1.82) is 0 Å². The number of carboxylic acids is 1. The number of nitrogen functional groups attached to an aromatic ring is 1. The molecular weight excluding hydrogens is 1370 g/mol. The van der Waals surface area contributed by atoms with Gasteiger partial charge in [0.15, 0.2) is 0 Å². The normalized spacial score (nSPS) is 13.9. The number of tetrazole rings is 3. The van der Waals surface area contributed by atoms with E-state index in [2.05, 4.69) is 87.5 Å². The Labute approximate surface area is 602 Å². The summed E-state index contributed by atoms with van der Waals surface area (Å²) in [4.78, 5) is 60.7. The quantitative estimate of drug-likeness (QED) is 0.0364. The van der Waals surface area contributed by atoms with Gasteiger partial charge < -0.3 is 36.4 Å². The monoisotopic (exact) mass is 1450 g/mol. The van der Waals surface area contributed by atoms with Crippen molar-refractivity contribution in [3.05, 3.63) is 179 Å². The molecule has 0 bridgehead atoms. The molecule has 3 aromatic carbocycles. The molecule has 3 saturated carbocycles. The highest BCUT2D eigenvalue weighted by atomic mass is 19.1. The Kier molecular flexibility index (Phi) is 22.0. The van der Waals surface area contributed by atoms with Crippen LogP contribution >= 0.6 is 0 Å². The second kappa shape index (κ2) is 31.9. The average molecular weight is 1450 g/mol. The number of ether oxygens (including phenoxy) is 1. The van der Waals surface area contributed by atoms with Crippen LogP contribution in [-0.4, -0.2) is 164 Å². The van der Waals surface area contributed by atoms with E-state index < -0.39 is 35.2 Å². The number of benzene rings is 3. The van der Waals surface area contributed by atoms with Crippen molar-refractivity contribution < 1.29 is 52.4 Å². The minimum absolute atomic E-state index is 0.0919. The van der Waals surface area contributed by atoms with Crippen molar-refractivity contribution in [1.82, 2.24) is 105 Å². The van der Waals surface area contributed by atoms with Crippen molar-refractivity contribution in [2.75, 3.05) is 36.2 Å².